The zero-order chi connectivity index (χ0) is 29.4. The smallest absolute Gasteiger partial charge is 0.264 e. The van der Waals surface area contributed by atoms with E-state index in [0.29, 0.717) is 5.69 Å². The Labute approximate surface area is 239 Å². The highest BCUT2D eigenvalue weighted by atomic mass is 32.2. The second-order valence-electron chi connectivity index (χ2n) is 10.6. The highest BCUT2D eigenvalue weighted by Gasteiger charge is 2.32. The van der Waals surface area contributed by atoms with Gasteiger partial charge in [0.1, 0.15) is 12.6 Å². The first kappa shape index (κ1) is 30.9. The number of benzene rings is 3. The highest BCUT2D eigenvalue weighted by Crippen LogP contribution is 2.27. The largest absolute Gasteiger partial charge is 0.352 e. The number of hydrogen-bond acceptors (Lipinski definition) is 4. The predicted molar refractivity (Wildman–Crippen MR) is 161 cm³/mol. The minimum absolute atomic E-state index is 0.0542. The molecule has 3 aromatic rings. The van der Waals surface area contributed by atoms with Crippen molar-refractivity contribution in [1.29, 1.82) is 0 Å². The first-order chi connectivity index (χ1) is 18.9. The lowest BCUT2D eigenvalue weighted by Gasteiger charge is -2.32. The summed E-state index contributed by atoms with van der Waals surface area (Å²) in [6.07, 6.45) is 0.750. The van der Waals surface area contributed by atoms with Crippen LogP contribution in [0.1, 0.15) is 63.6 Å². The van der Waals surface area contributed by atoms with Crippen LogP contribution in [-0.4, -0.2) is 43.8 Å². The van der Waals surface area contributed by atoms with Gasteiger partial charge in [0.2, 0.25) is 11.8 Å². The lowest BCUT2D eigenvalue weighted by Crippen LogP contribution is -2.52. The molecule has 3 aromatic carbocycles. The highest BCUT2D eigenvalue weighted by molar-refractivity contribution is 7.92. The van der Waals surface area contributed by atoms with Crippen LogP contribution in [0.5, 0.6) is 0 Å². The lowest BCUT2D eigenvalue weighted by molar-refractivity contribution is -0.139. The van der Waals surface area contributed by atoms with E-state index in [1.54, 1.807) is 43.3 Å². The van der Waals surface area contributed by atoms with Crippen LogP contribution in [0.4, 0.5) is 5.69 Å². The van der Waals surface area contributed by atoms with E-state index in [1.807, 2.05) is 63.2 Å². The Hall–Kier alpha value is -3.65. The Morgan fingerprint density at radius 1 is 0.850 bits per heavy atom. The van der Waals surface area contributed by atoms with Gasteiger partial charge in [-0.25, -0.2) is 8.42 Å². The number of sulfonamides is 1. The quantitative estimate of drug-likeness (QED) is 0.309. The molecule has 0 bridgehead atoms. The van der Waals surface area contributed by atoms with Crippen LogP contribution >= 0.6 is 0 Å². The third-order valence-electron chi connectivity index (χ3n) is 7.10. The van der Waals surface area contributed by atoms with Crippen LogP contribution in [0.3, 0.4) is 0 Å². The molecule has 0 spiro atoms. The van der Waals surface area contributed by atoms with Gasteiger partial charge < -0.3 is 10.2 Å². The standard InChI is InChI=1S/C32H41N3O4S/c1-7-25(5)33-32(37)26(6)34(21-27-11-9-8-10-12-27)31(36)22-35(29-17-15-28(16-18-29)23(2)3)40(38,39)30-19-13-24(4)14-20-30/h8-20,23,25-26H,7,21-22H2,1-6H3,(H,33,37)/t25-,26-/m0/s1. The molecule has 7 nitrogen and oxygen atoms in total. The Bertz CT molecular complexity index is 1370. The Morgan fingerprint density at radius 2 is 1.45 bits per heavy atom. The minimum Gasteiger partial charge on any atom is -0.352 e. The molecule has 40 heavy (non-hydrogen) atoms. The molecule has 0 aliphatic rings. The van der Waals surface area contributed by atoms with E-state index in [1.165, 1.54) is 4.90 Å². The van der Waals surface area contributed by atoms with Gasteiger partial charge in [0, 0.05) is 12.6 Å². The molecule has 0 aliphatic carbocycles. The summed E-state index contributed by atoms with van der Waals surface area (Å²) in [6.45, 7) is 11.3. The molecule has 0 saturated heterocycles. The third-order valence-corrected chi connectivity index (χ3v) is 8.89. The van der Waals surface area contributed by atoms with E-state index in [9.17, 15) is 18.0 Å². The maximum atomic E-state index is 14.0. The van der Waals surface area contributed by atoms with E-state index >= 15 is 0 Å². The number of hydrogen-bond donors (Lipinski definition) is 1. The summed E-state index contributed by atoms with van der Waals surface area (Å²) in [4.78, 5) is 28.6. The number of amides is 2. The molecule has 0 unspecified atom stereocenters. The maximum absolute atomic E-state index is 14.0. The zero-order valence-electron chi connectivity index (χ0n) is 24.3. The van der Waals surface area contributed by atoms with Crippen molar-refractivity contribution in [3.8, 4) is 0 Å². The van der Waals surface area contributed by atoms with Crippen molar-refractivity contribution >= 4 is 27.5 Å². The molecule has 3 rings (SSSR count). The minimum atomic E-state index is -4.09. The first-order valence-electron chi connectivity index (χ1n) is 13.8. The molecule has 214 valence electrons. The molecule has 0 aromatic heterocycles. The molecular weight excluding hydrogens is 522 g/mol. The number of carbonyl (C=O) groups excluding carboxylic acids is 2. The van der Waals surface area contributed by atoms with Gasteiger partial charge in [-0.05, 0) is 68.5 Å². The molecule has 0 saturated carbocycles. The van der Waals surface area contributed by atoms with E-state index in [2.05, 4.69) is 19.2 Å². The van der Waals surface area contributed by atoms with E-state index in [-0.39, 0.29) is 29.3 Å². The summed E-state index contributed by atoms with van der Waals surface area (Å²) >= 11 is 0. The van der Waals surface area contributed by atoms with Crippen molar-refractivity contribution in [2.24, 2.45) is 0 Å². The van der Waals surface area contributed by atoms with Crippen molar-refractivity contribution in [3.63, 3.8) is 0 Å². The summed E-state index contributed by atoms with van der Waals surface area (Å²) in [5.41, 5.74) is 3.21. The van der Waals surface area contributed by atoms with Crippen molar-refractivity contribution in [3.05, 3.63) is 95.6 Å². The van der Waals surface area contributed by atoms with Gasteiger partial charge in [0.05, 0.1) is 10.6 Å². The van der Waals surface area contributed by atoms with Gasteiger partial charge in [0.25, 0.3) is 10.0 Å². The van der Waals surface area contributed by atoms with Crippen LogP contribution in [0.2, 0.25) is 0 Å². The van der Waals surface area contributed by atoms with Crippen LogP contribution in [-0.2, 0) is 26.2 Å². The van der Waals surface area contributed by atoms with Gasteiger partial charge in [-0.3, -0.25) is 13.9 Å². The summed E-state index contributed by atoms with van der Waals surface area (Å²) in [5, 5.41) is 2.95. The van der Waals surface area contributed by atoms with Crippen molar-refractivity contribution in [2.75, 3.05) is 10.8 Å². The van der Waals surface area contributed by atoms with Gasteiger partial charge in [-0.1, -0.05) is 80.9 Å². The van der Waals surface area contributed by atoms with Crippen LogP contribution in [0, 0.1) is 6.92 Å². The maximum Gasteiger partial charge on any atom is 0.264 e. The van der Waals surface area contributed by atoms with E-state index in [4.69, 9.17) is 0 Å². The van der Waals surface area contributed by atoms with Crippen LogP contribution in [0.25, 0.3) is 0 Å². The van der Waals surface area contributed by atoms with E-state index in [0.717, 1.165) is 27.4 Å². The molecule has 0 heterocycles. The van der Waals surface area contributed by atoms with Crippen molar-refractivity contribution in [2.45, 2.75) is 77.4 Å². The average molecular weight is 564 g/mol. The molecule has 1 N–H and O–H groups in total. The Balaban J connectivity index is 2.02. The second kappa shape index (κ2) is 13.6. The number of carbonyl (C=O) groups is 2. The second-order valence-corrected chi connectivity index (χ2v) is 12.4. The molecule has 0 aliphatic heterocycles. The van der Waals surface area contributed by atoms with Crippen LogP contribution < -0.4 is 9.62 Å². The number of anilines is 1. The van der Waals surface area contributed by atoms with Crippen molar-refractivity contribution in [1.82, 2.24) is 10.2 Å². The summed E-state index contributed by atoms with van der Waals surface area (Å²) in [5.74, 6) is -0.490. The SMILES string of the molecule is CC[C@H](C)NC(=O)[C@H](C)N(Cc1ccccc1)C(=O)CN(c1ccc(C(C)C)cc1)S(=O)(=O)c1ccc(C)cc1. The number of rotatable bonds is 12. The van der Waals surface area contributed by atoms with Gasteiger partial charge in [0.15, 0.2) is 0 Å². The first-order valence-corrected chi connectivity index (χ1v) is 15.2. The number of nitrogens with zero attached hydrogens (tertiary/aromatic N) is 2. The summed E-state index contributed by atoms with van der Waals surface area (Å²) in [7, 11) is -4.09. The average Bonchev–Trinajstić information content (AvgIpc) is 2.94. The molecule has 0 fully saturated rings. The predicted octanol–water partition coefficient (Wildman–Crippen LogP) is 5.65. The van der Waals surface area contributed by atoms with Crippen molar-refractivity contribution < 1.29 is 18.0 Å². The molecule has 0 radical (unpaired) electrons. The lowest BCUT2D eigenvalue weighted by atomic mass is 10.0. The van der Waals surface area contributed by atoms with Gasteiger partial charge in [-0.15, -0.1) is 0 Å². The summed E-state index contributed by atoms with van der Waals surface area (Å²) in [6, 6.07) is 22.3. The fraction of sp³-hybridized carbons (Fsp3) is 0.375. The Morgan fingerprint density at radius 3 is 2.00 bits per heavy atom. The van der Waals surface area contributed by atoms with E-state index < -0.39 is 28.5 Å². The van der Waals surface area contributed by atoms with Gasteiger partial charge >= 0.3 is 0 Å². The zero-order valence-corrected chi connectivity index (χ0v) is 25.1. The third kappa shape index (κ3) is 7.72. The summed E-state index contributed by atoms with van der Waals surface area (Å²) < 4.78 is 29.0. The fourth-order valence-corrected chi connectivity index (χ4v) is 5.63. The Kier molecular flexibility index (Phi) is 10.5. The van der Waals surface area contributed by atoms with Gasteiger partial charge in [-0.2, -0.15) is 0 Å². The fourth-order valence-electron chi connectivity index (χ4n) is 4.22. The normalized spacial score (nSPS) is 13.0. The molecular formula is C32H41N3O4S. The number of nitrogens with one attached hydrogen (secondary N) is 1. The molecule has 2 amide bonds. The topological polar surface area (TPSA) is 86.8 Å². The van der Waals surface area contributed by atoms with Crippen LogP contribution in [0.15, 0.2) is 83.8 Å². The molecule has 2 atom stereocenters. The monoisotopic (exact) mass is 563 g/mol. The molecule has 8 heteroatoms. The number of aryl methyl sites for hydroxylation is 1.